The first-order valence-corrected chi connectivity index (χ1v) is 11.1. The van der Waals surface area contributed by atoms with Gasteiger partial charge in [0.05, 0.1) is 12.2 Å². The van der Waals surface area contributed by atoms with Gasteiger partial charge in [-0.3, -0.25) is 9.10 Å². The Balaban J connectivity index is 1.76. The number of nitrogens with zero attached hydrogens (tertiary/aromatic N) is 1. The molecule has 1 aliphatic rings. The number of hydrogen-bond acceptors (Lipinski definition) is 4. The summed E-state index contributed by atoms with van der Waals surface area (Å²) in [7, 11) is -4.06. The van der Waals surface area contributed by atoms with Crippen molar-refractivity contribution in [2.75, 3.05) is 9.62 Å². The van der Waals surface area contributed by atoms with Gasteiger partial charge >= 0.3 is 0 Å². The van der Waals surface area contributed by atoms with Gasteiger partial charge in [-0.15, -0.1) is 0 Å². The highest BCUT2D eigenvalue weighted by Gasteiger charge is 2.40. The van der Waals surface area contributed by atoms with Crippen LogP contribution in [0.1, 0.15) is 21.5 Å². The number of aryl methyl sites for hydroxylation is 1. The third kappa shape index (κ3) is 3.84. The van der Waals surface area contributed by atoms with Crippen LogP contribution in [-0.4, -0.2) is 14.2 Å². The van der Waals surface area contributed by atoms with Gasteiger partial charge in [0, 0.05) is 22.5 Å². The SMILES string of the molecule is Cc1ccc(NC=C2C(=O)c3ccccc3N(Cc3ccc(Cl)cc3)S2(=O)=O)cc1. The summed E-state index contributed by atoms with van der Waals surface area (Å²) in [6.07, 6.45) is 1.27. The fraction of sp³-hybridized carbons (Fsp3) is 0.0870. The fourth-order valence-corrected chi connectivity index (χ4v) is 4.90. The Morgan fingerprint density at radius 3 is 2.33 bits per heavy atom. The van der Waals surface area contributed by atoms with Crippen LogP contribution in [0, 0.1) is 6.92 Å². The van der Waals surface area contributed by atoms with Crippen LogP contribution in [0.25, 0.3) is 0 Å². The van der Waals surface area contributed by atoms with E-state index in [1.807, 2.05) is 31.2 Å². The Hall–Kier alpha value is -3.09. The fourth-order valence-electron chi connectivity index (χ4n) is 3.25. The van der Waals surface area contributed by atoms with Crippen LogP contribution in [0.15, 0.2) is 83.9 Å². The van der Waals surface area contributed by atoms with E-state index in [-0.39, 0.29) is 11.4 Å². The molecular formula is C23H19ClN2O3S. The van der Waals surface area contributed by atoms with E-state index in [2.05, 4.69) is 5.32 Å². The zero-order valence-corrected chi connectivity index (χ0v) is 17.7. The molecule has 0 spiro atoms. The quantitative estimate of drug-likeness (QED) is 0.573. The Bertz CT molecular complexity index is 1230. The van der Waals surface area contributed by atoms with Crippen molar-refractivity contribution in [2.24, 2.45) is 0 Å². The van der Waals surface area contributed by atoms with Crippen LogP contribution in [-0.2, 0) is 16.6 Å². The lowest BCUT2D eigenvalue weighted by Gasteiger charge is -2.31. The number of ketones is 1. The molecule has 0 radical (unpaired) electrons. The molecule has 5 nitrogen and oxygen atoms in total. The minimum absolute atomic E-state index is 0.0890. The first-order chi connectivity index (χ1) is 14.4. The van der Waals surface area contributed by atoms with Crippen molar-refractivity contribution in [2.45, 2.75) is 13.5 Å². The standard InChI is InChI=1S/C23H19ClN2O3S/c1-16-6-12-19(13-7-16)25-14-22-23(27)20-4-2-3-5-21(20)26(30(22,28)29)15-17-8-10-18(24)11-9-17/h2-14,25H,15H2,1H3. The minimum Gasteiger partial charge on any atom is -0.360 e. The summed E-state index contributed by atoms with van der Waals surface area (Å²) in [5.74, 6) is -0.530. The predicted octanol–water partition coefficient (Wildman–Crippen LogP) is 5.13. The maximum Gasteiger partial charge on any atom is 0.270 e. The van der Waals surface area contributed by atoms with Crippen molar-refractivity contribution < 1.29 is 13.2 Å². The van der Waals surface area contributed by atoms with E-state index in [1.54, 1.807) is 48.5 Å². The Morgan fingerprint density at radius 2 is 1.63 bits per heavy atom. The number of allylic oxidation sites excluding steroid dienone is 1. The van der Waals surface area contributed by atoms with Gasteiger partial charge in [-0.2, -0.15) is 0 Å². The van der Waals surface area contributed by atoms with Crippen LogP contribution in [0.3, 0.4) is 0 Å². The average molecular weight is 439 g/mol. The molecule has 152 valence electrons. The van der Waals surface area contributed by atoms with Gasteiger partial charge in [-0.1, -0.05) is 53.6 Å². The molecule has 0 fully saturated rings. The second-order valence-corrected chi connectivity index (χ2v) is 9.27. The van der Waals surface area contributed by atoms with E-state index >= 15 is 0 Å². The van der Waals surface area contributed by atoms with Crippen molar-refractivity contribution in [3.05, 3.63) is 106 Å². The van der Waals surface area contributed by atoms with E-state index in [0.717, 1.165) is 11.1 Å². The van der Waals surface area contributed by atoms with Gasteiger partial charge in [0.1, 0.15) is 0 Å². The molecule has 4 rings (SSSR count). The van der Waals surface area contributed by atoms with Crippen LogP contribution < -0.4 is 9.62 Å². The molecule has 7 heteroatoms. The van der Waals surface area contributed by atoms with E-state index in [0.29, 0.717) is 22.0 Å². The number of para-hydroxylation sites is 1. The highest BCUT2D eigenvalue weighted by molar-refractivity contribution is 7.97. The summed E-state index contributed by atoms with van der Waals surface area (Å²) in [5, 5.41) is 3.51. The van der Waals surface area contributed by atoms with E-state index in [9.17, 15) is 13.2 Å². The van der Waals surface area contributed by atoms with Crippen LogP contribution in [0.4, 0.5) is 11.4 Å². The van der Waals surface area contributed by atoms with E-state index < -0.39 is 15.8 Å². The second-order valence-electron chi connectivity index (χ2n) is 7.00. The number of rotatable bonds is 4. The number of carbonyl (C=O) groups excluding carboxylic acids is 1. The molecule has 1 heterocycles. The Kier molecular flexibility index (Phi) is 5.37. The van der Waals surface area contributed by atoms with Gasteiger partial charge in [-0.25, -0.2) is 8.42 Å². The number of anilines is 2. The molecule has 3 aromatic rings. The second kappa shape index (κ2) is 7.97. The summed E-state index contributed by atoms with van der Waals surface area (Å²) >= 11 is 5.95. The van der Waals surface area contributed by atoms with Crippen LogP contribution >= 0.6 is 11.6 Å². The first-order valence-electron chi connectivity index (χ1n) is 9.30. The average Bonchev–Trinajstić information content (AvgIpc) is 2.73. The lowest BCUT2D eigenvalue weighted by molar-refractivity contribution is 0.104. The van der Waals surface area contributed by atoms with Crippen molar-refractivity contribution in [1.29, 1.82) is 0 Å². The van der Waals surface area contributed by atoms with Gasteiger partial charge in [0.2, 0.25) is 5.78 Å². The normalized spacial score (nSPS) is 16.4. The third-order valence-corrected chi connectivity index (χ3v) is 6.89. The van der Waals surface area contributed by atoms with Crippen molar-refractivity contribution in [3.63, 3.8) is 0 Å². The van der Waals surface area contributed by atoms with Crippen molar-refractivity contribution >= 4 is 38.8 Å². The number of carbonyl (C=O) groups is 1. The van der Waals surface area contributed by atoms with Crippen LogP contribution in [0.5, 0.6) is 0 Å². The van der Waals surface area contributed by atoms with Gasteiger partial charge < -0.3 is 5.32 Å². The molecule has 3 aromatic carbocycles. The predicted molar refractivity (Wildman–Crippen MR) is 120 cm³/mol. The smallest absolute Gasteiger partial charge is 0.270 e. The number of benzene rings is 3. The zero-order valence-electron chi connectivity index (χ0n) is 16.2. The number of fused-ring (bicyclic) bond motifs is 1. The summed E-state index contributed by atoms with van der Waals surface area (Å²) < 4.78 is 28.1. The molecule has 0 unspecified atom stereocenters. The Morgan fingerprint density at radius 1 is 0.967 bits per heavy atom. The maximum atomic E-state index is 13.4. The summed E-state index contributed by atoms with van der Waals surface area (Å²) in [6, 6.07) is 21.1. The molecule has 0 saturated heterocycles. The Labute approximate surface area is 180 Å². The molecule has 1 N–H and O–H groups in total. The number of sulfonamides is 1. The highest BCUT2D eigenvalue weighted by Crippen LogP contribution is 2.36. The topological polar surface area (TPSA) is 66.5 Å². The first kappa shape index (κ1) is 20.2. The highest BCUT2D eigenvalue weighted by atomic mass is 35.5. The molecule has 0 saturated carbocycles. The zero-order chi connectivity index (χ0) is 21.3. The number of Topliss-reactive ketones (excluding diaryl/α,β-unsaturated/α-hetero) is 1. The summed E-state index contributed by atoms with van der Waals surface area (Å²) in [4.78, 5) is 12.7. The molecule has 30 heavy (non-hydrogen) atoms. The van der Waals surface area contributed by atoms with Gasteiger partial charge in [-0.05, 0) is 48.9 Å². The summed E-state index contributed by atoms with van der Waals surface area (Å²) in [6.45, 7) is 2.05. The minimum atomic E-state index is -4.06. The van der Waals surface area contributed by atoms with Crippen molar-refractivity contribution in [1.82, 2.24) is 0 Å². The van der Waals surface area contributed by atoms with Crippen LogP contribution in [0.2, 0.25) is 5.02 Å². The third-order valence-electron chi connectivity index (χ3n) is 4.87. The van der Waals surface area contributed by atoms with Crippen molar-refractivity contribution in [3.8, 4) is 0 Å². The molecule has 1 aliphatic heterocycles. The molecule has 0 bridgehead atoms. The number of halogens is 1. The molecule has 0 amide bonds. The lowest BCUT2D eigenvalue weighted by atomic mass is 10.1. The largest absolute Gasteiger partial charge is 0.360 e. The molecule has 0 aliphatic carbocycles. The molecule has 0 aromatic heterocycles. The lowest BCUT2D eigenvalue weighted by Crippen LogP contribution is -2.39. The maximum absolute atomic E-state index is 13.4. The number of hydrogen-bond donors (Lipinski definition) is 1. The summed E-state index contributed by atoms with van der Waals surface area (Å²) in [5.41, 5.74) is 3.25. The van der Waals surface area contributed by atoms with E-state index in [1.165, 1.54) is 10.5 Å². The monoisotopic (exact) mass is 438 g/mol. The van der Waals surface area contributed by atoms with E-state index in [4.69, 9.17) is 11.6 Å². The number of nitrogens with one attached hydrogen (secondary N) is 1. The van der Waals surface area contributed by atoms with Gasteiger partial charge in [0.25, 0.3) is 10.0 Å². The molecule has 0 atom stereocenters. The molecular weight excluding hydrogens is 420 g/mol. The van der Waals surface area contributed by atoms with Gasteiger partial charge in [0.15, 0.2) is 4.91 Å².